The van der Waals surface area contributed by atoms with Gasteiger partial charge < -0.3 is 9.42 Å². The number of benzene rings is 1. The Morgan fingerprint density at radius 2 is 2.00 bits per heavy atom. The Morgan fingerprint density at radius 1 is 1.21 bits per heavy atom. The first-order valence-corrected chi connectivity index (χ1v) is 8.87. The van der Waals surface area contributed by atoms with Gasteiger partial charge in [-0.05, 0) is 38.2 Å². The van der Waals surface area contributed by atoms with Crippen molar-refractivity contribution >= 4 is 5.91 Å². The normalized spacial score (nSPS) is 22.9. The van der Waals surface area contributed by atoms with Gasteiger partial charge in [0.15, 0.2) is 5.82 Å². The van der Waals surface area contributed by atoms with Crippen LogP contribution in [0.4, 0.5) is 0 Å². The summed E-state index contributed by atoms with van der Waals surface area (Å²) < 4.78 is 5.42. The first-order chi connectivity index (χ1) is 11.7. The number of aryl methyl sites for hydroxylation is 1. The standard InChI is InChI=1S/C19H23N3O2/c1-14-20-17(24-21-14)16-10-6-3-7-13-22(16)18(23)19(11-12-19)15-8-4-2-5-9-15/h2,4-5,8-9,16H,3,6-7,10-13H2,1H3. The van der Waals surface area contributed by atoms with Gasteiger partial charge in [-0.15, -0.1) is 0 Å². The number of carbonyl (C=O) groups excluding carboxylic acids is 1. The highest BCUT2D eigenvalue weighted by molar-refractivity contribution is 5.91. The average Bonchev–Trinajstić information content (AvgIpc) is 3.36. The molecule has 1 atom stereocenters. The van der Waals surface area contributed by atoms with Crippen LogP contribution in [0.1, 0.15) is 61.8 Å². The fourth-order valence-corrected chi connectivity index (χ4v) is 3.84. The largest absolute Gasteiger partial charge is 0.337 e. The van der Waals surface area contributed by atoms with Gasteiger partial charge in [0.1, 0.15) is 6.04 Å². The topological polar surface area (TPSA) is 59.2 Å². The third-order valence-corrected chi connectivity index (χ3v) is 5.33. The third-order valence-electron chi connectivity index (χ3n) is 5.33. The lowest BCUT2D eigenvalue weighted by Gasteiger charge is -2.31. The van der Waals surface area contributed by atoms with E-state index in [0.717, 1.165) is 50.6 Å². The van der Waals surface area contributed by atoms with Crippen LogP contribution in [0.25, 0.3) is 0 Å². The Balaban J connectivity index is 1.66. The van der Waals surface area contributed by atoms with Crippen molar-refractivity contribution in [3.05, 3.63) is 47.6 Å². The van der Waals surface area contributed by atoms with Crippen LogP contribution in [0.3, 0.4) is 0 Å². The summed E-state index contributed by atoms with van der Waals surface area (Å²) in [5, 5.41) is 3.93. The minimum absolute atomic E-state index is 0.0811. The lowest BCUT2D eigenvalue weighted by atomic mass is 9.93. The molecule has 2 aliphatic rings. The molecule has 24 heavy (non-hydrogen) atoms. The molecule has 0 radical (unpaired) electrons. The molecule has 1 saturated heterocycles. The van der Waals surface area contributed by atoms with E-state index in [2.05, 4.69) is 22.3 Å². The fourth-order valence-electron chi connectivity index (χ4n) is 3.84. The van der Waals surface area contributed by atoms with Crippen LogP contribution in [0.5, 0.6) is 0 Å². The van der Waals surface area contributed by atoms with Crippen molar-refractivity contribution in [2.75, 3.05) is 6.54 Å². The maximum absolute atomic E-state index is 13.5. The average molecular weight is 325 g/mol. The van der Waals surface area contributed by atoms with Gasteiger partial charge in [-0.3, -0.25) is 4.79 Å². The Hall–Kier alpha value is -2.17. The van der Waals surface area contributed by atoms with Crippen molar-refractivity contribution in [3.63, 3.8) is 0 Å². The minimum Gasteiger partial charge on any atom is -0.337 e. The third kappa shape index (κ3) is 2.62. The van der Waals surface area contributed by atoms with Crippen LogP contribution in [0, 0.1) is 6.92 Å². The Kier molecular flexibility index (Phi) is 3.87. The second-order valence-corrected chi connectivity index (χ2v) is 6.99. The number of likely N-dealkylation sites (tertiary alicyclic amines) is 1. The molecule has 1 saturated carbocycles. The monoisotopic (exact) mass is 325 g/mol. The predicted octanol–water partition coefficient (Wildman–Crippen LogP) is 3.55. The molecule has 2 fully saturated rings. The van der Waals surface area contributed by atoms with E-state index in [0.29, 0.717) is 11.7 Å². The van der Waals surface area contributed by atoms with Crippen molar-refractivity contribution in [2.24, 2.45) is 0 Å². The van der Waals surface area contributed by atoms with Crippen molar-refractivity contribution in [2.45, 2.75) is 56.9 Å². The van der Waals surface area contributed by atoms with E-state index in [1.807, 2.05) is 30.0 Å². The molecule has 1 aromatic heterocycles. The Labute approximate surface area is 142 Å². The molecular formula is C19H23N3O2. The summed E-state index contributed by atoms with van der Waals surface area (Å²) in [5.74, 6) is 1.45. The van der Waals surface area contributed by atoms with Gasteiger partial charge in [0.25, 0.3) is 0 Å². The Bertz CT molecular complexity index is 721. The van der Waals surface area contributed by atoms with Gasteiger partial charge in [-0.1, -0.05) is 48.3 Å². The number of hydrogen-bond donors (Lipinski definition) is 0. The molecular weight excluding hydrogens is 302 g/mol. The van der Waals surface area contributed by atoms with E-state index in [4.69, 9.17) is 4.52 Å². The van der Waals surface area contributed by atoms with E-state index in [1.165, 1.54) is 0 Å². The molecule has 0 spiro atoms. The highest BCUT2D eigenvalue weighted by Crippen LogP contribution is 2.51. The molecule has 1 aromatic carbocycles. The number of hydrogen-bond acceptors (Lipinski definition) is 4. The number of carbonyl (C=O) groups is 1. The summed E-state index contributed by atoms with van der Waals surface area (Å²) in [4.78, 5) is 19.9. The second-order valence-electron chi connectivity index (χ2n) is 6.99. The summed E-state index contributed by atoms with van der Waals surface area (Å²) in [5.41, 5.74) is 0.804. The van der Waals surface area contributed by atoms with Crippen LogP contribution in [0.15, 0.2) is 34.9 Å². The van der Waals surface area contributed by atoms with Crippen molar-refractivity contribution < 1.29 is 9.32 Å². The maximum atomic E-state index is 13.5. The van der Waals surface area contributed by atoms with Gasteiger partial charge in [-0.25, -0.2) is 0 Å². The molecule has 5 heteroatoms. The van der Waals surface area contributed by atoms with Crippen LogP contribution < -0.4 is 0 Å². The number of nitrogens with zero attached hydrogens (tertiary/aromatic N) is 3. The van der Waals surface area contributed by atoms with Gasteiger partial charge in [-0.2, -0.15) is 4.98 Å². The fraction of sp³-hybridized carbons (Fsp3) is 0.526. The smallest absolute Gasteiger partial charge is 0.249 e. The summed E-state index contributed by atoms with van der Waals surface area (Å²) in [6, 6.07) is 10.1. The summed E-state index contributed by atoms with van der Waals surface area (Å²) in [6.07, 6.45) is 6.04. The highest BCUT2D eigenvalue weighted by Gasteiger charge is 2.54. The lowest BCUT2D eigenvalue weighted by Crippen LogP contribution is -2.41. The molecule has 1 aliphatic carbocycles. The van der Waals surface area contributed by atoms with Crippen LogP contribution in [-0.2, 0) is 10.2 Å². The SMILES string of the molecule is Cc1noc(C2CCCCCN2C(=O)C2(c3ccccc3)CC2)n1. The van der Waals surface area contributed by atoms with E-state index < -0.39 is 0 Å². The van der Waals surface area contributed by atoms with E-state index >= 15 is 0 Å². The summed E-state index contributed by atoms with van der Waals surface area (Å²) >= 11 is 0. The zero-order valence-corrected chi connectivity index (χ0v) is 14.1. The van der Waals surface area contributed by atoms with Gasteiger partial charge in [0.05, 0.1) is 5.41 Å². The van der Waals surface area contributed by atoms with Crippen LogP contribution in [-0.4, -0.2) is 27.5 Å². The van der Waals surface area contributed by atoms with Crippen LogP contribution >= 0.6 is 0 Å². The molecule has 2 aromatic rings. The van der Waals surface area contributed by atoms with E-state index in [9.17, 15) is 4.79 Å². The zero-order chi connectivity index (χ0) is 16.6. The first kappa shape index (κ1) is 15.4. The highest BCUT2D eigenvalue weighted by atomic mass is 16.5. The number of amides is 1. The number of rotatable bonds is 3. The molecule has 1 aliphatic heterocycles. The molecule has 1 unspecified atom stereocenters. The molecule has 1 amide bonds. The van der Waals surface area contributed by atoms with Crippen molar-refractivity contribution in [1.82, 2.24) is 15.0 Å². The molecule has 0 N–H and O–H groups in total. The summed E-state index contributed by atoms with van der Waals surface area (Å²) in [6.45, 7) is 2.60. The van der Waals surface area contributed by atoms with E-state index in [-0.39, 0.29) is 17.4 Å². The zero-order valence-electron chi connectivity index (χ0n) is 14.1. The lowest BCUT2D eigenvalue weighted by molar-refractivity contribution is -0.137. The van der Waals surface area contributed by atoms with Gasteiger partial charge in [0, 0.05) is 6.54 Å². The predicted molar refractivity (Wildman–Crippen MR) is 89.3 cm³/mol. The quantitative estimate of drug-likeness (QED) is 0.866. The minimum atomic E-state index is -0.334. The second kappa shape index (κ2) is 6.04. The van der Waals surface area contributed by atoms with E-state index in [1.54, 1.807) is 0 Å². The molecule has 2 heterocycles. The summed E-state index contributed by atoms with van der Waals surface area (Å²) in [7, 11) is 0. The molecule has 0 bridgehead atoms. The van der Waals surface area contributed by atoms with Gasteiger partial charge >= 0.3 is 0 Å². The van der Waals surface area contributed by atoms with Crippen LogP contribution in [0.2, 0.25) is 0 Å². The molecule has 5 nitrogen and oxygen atoms in total. The molecule has 126 valence electrons. The Morgan fingerprint density at radius 3 is 2.67 bits per heavy atom. The van der Waals surface area contributed by atoms with Crippen molar-refractivity contribution in [1.29, 1.82) is 0 Å². The molecule has 4 rings (SSSR count). The maximum Gasteiger partial charge on any atom is 0.249 e. The number of aromatic nitrogens is 2. The van der Waals surface area contributed by atoms with Gasteiger partial charge in [0.2, 0.25) is 11.8 Å². The van der Waals surface area contributed by atoms with Crippen molar-refractivity contribution in [3.8, 4) is 0 Å². The first-order valence-electron chi connectivity index (χ1n) is 8.87.